The Morgan fingerprint density at radius 3 is 1.96 bits per heavy atom. The fourth-order valence-corrected chi connectivity index (χ4v) is 14.3. The van der Waals surface area contributed by atoms with E-state index in [1.807, 2.05) is 44.2 Å². The number of rotatable bonds is 19. The first-order valence-electron chi connectivity index (χ1n) is 20.1. The first kappa shape index (κ1) is 46.3. The van der Waals surface area contributed by atoms with Crippen molar-refractivity contribution in [3.63, 3.8) is 0 Å². The van der Waals surface area contributed by atoms with Gasteiger partial charge in [-0.2, -0.15) is 0 Å². The highest BCUT2D eigenvalue weighted by molar-refractivity contribution is 6.74. The van der Waals surface area contributed by atoms with Gasteiger partial charge in [-0.15, -0.1) is 12.3 Å². The summed E-state index contributed by atoms with van der Waals surface area (Å²) in [5.74, 6) is 9.91. The molecule has 0 aromatic heterocycles. The second-order valence-corrected chi connectivity index (χ2v) is 31.1. The second kappa shape index (κ2) is 18.5. The van der Waals surface area contributed by atoms with Crippen LogP contribution in [-0.4, -0.2) is 80.3 Å². The molecule has 0 N–H and O–H groups in total. The van der Waals surface area contributed by atoms with Crippen LogP contribution < -0.4 is 4.74 Å². The Kier molecular flexibility index (Phi) is 15.9. The van der Waals surface area contributed by atoms with Gasteiger partial charge >= 0.3 is 0 Å². The molecule has 0 unspecified atom stereocenters. The van der Waals surface area contributed by atoms with Crippen molar-refractivity contribution < 1.29 is 37.0 Å². The highest BCUT2D eigenvalue weighted by atomic mass is 28.4. The molecule has 0 bridgehead atoms. The number of hydrogen-bond donors (Lipinski definition) is 0. The molecule has 1 aromatic carbocycles. The monoisotopic (exact) mass is 798 g/mol. The molecule has 5 atom stereocenters. The number of carbonyl (C=O) groups excluding carboxylic acids is 1. The number of carbonyl (C=O) groups is 1. The summed E-state index contributed by atoms with van der Waals surface area (Å²) in [7, 11) is -5.56. The fourth-order valence-electron chi connectivity index (χ4n) is 7.21. The molecule has 3 rings (SSSR count). The Morgan fingerprint density at radius 2 is 1.52 bits per heavy atom. The predicted octanol–water partition coefficient (Wildman–Crippen LogP) is 9.81. The molecule has 1 aliphatic heterocycles. The summed E-state index contributed by atoms with van der Waals surface area (Å²) in [5, 5.41) is -0.105. The van der Waals surface area contributed by atoms with Crippen molar-refractivity contribution in [2.75, 3.05) is 13.7 Å². The zero-order chi connectivity index (χ0) is 40.6. The van der Waals surface area contributed by atoms with Crippen LogP contribution in [0.4, 0.5) is 0 Å². The van der Waals surface area contributed by atoms with Gasteiger partial charge < -0.3 is 32.2 Å². The highest BCUT2D eigenvalue weighted by Crippen LogP contribution is 2.46. The molecule has 0 saturated carbocycles. The van der Waals surface area contributed by atoms with Crippen molar-refractivity contribution in [1.29, 1.82) is 0 Å². The lowest BCUT2D eigenvalue weighted by Crippen LogP contribution is -2.58. The largest absolute Gasteiger partial charge is 0.497 e. The molecular weight excluding hydrogens is 729 g/mol. The van der Waals surface area contributed by atoms with Crippen LogP contribution in [0.5, 0.6) is 5.75 Å². The number of ether oxygens (including phenoxy) is 4. The normalized spacial score (nSPS) is 24.2. The van der Waals surface area contributed by atoms with Crippen LogP contribution >= 0.6 is 0 Å². The number of terminal acetylenes is 1. The van der Waals surface area contributed by atoms with Crippen LogP contribution in [0.15, 0.2) is 35.9 Å². The molecule has 1 aromatic rings. The van der Waals surface area contributed by atoms with Gasteiger partial charge in [0.25, 0.3) is 0 Å². The van der Waals surface area contributed by atoms with E-state index in [0.717, 1.165) is 53.9 Å². The predicted molar refractivity (Wildman–Crippen MR) is 226 cm³/mol. The van der Waals surface area contributed by atoms with E-state index < -0.39 is 60.3 Å². The van der Waals surface area contributed by atoms with Crippen LogP contribution in [-0.2, 0) is 38.9 Å². The average molecular weight is 799 g/mol. The van der Waals surface area contributed by atoms with E-state index in [9.17, 15) is 4.79 Å². The van der Waals surface area contributed by atoms with Crippen molar-refractivity contribution in [2.45, 2.75) is 179 Å². The van der Waals surface area contributed by atoms with E-state index in [0.29, 0.717) is 5.57 Å². The third-order valence-corrected chi connectivity index (χ3v) is 26.2. The molecule has 54 heavy (non-hydrogen) atoms. The number of benzene rings is 1. The van der Waals surface area contributed by atoms with Crippen molar-refractivity contribution in [1.82, 2.24) is 0 Å². The SMILES string of the molecule is C#CC[C@](C#CC1=C[C@H](O[Si](C)(C)C(C)(C)C)[C@@H](OCc2ccc(OC)cc2)[C@@]1(C=O)O[Si](CC)(CC)CC)(O[Si](CC)(CC)CC)[C@H]1COC(C)(C)O1. The van der Waals surface area contributed by atoms with Crippen molar-refractivity contribution in [3.05, 3.63) is 41.5 Å². The zero-order valence-electron chi connectivity index (χ0n) is 35.9. The first-order chi connectivity index (χ1) is 25.3. The van der Waals surface area contributed by atoms with Gasteiger partial charge in [0.05, 0.1) is 32.8 Å². The standard InChI is InChI=1S/C43H70O8Si3/c1-16-28-42(38-32-47-41(11,12)48-38,50-53(17-2,18-3)19-4)29-27-35-30-37(49-52(14,15)40(8,9)10)39(46-31-34-23-25-36(45-13)26-24-34)43(35,33-44)51-54(20-5,21-6)22-7/h1,23-26,30,33,37-39H,17-22,28,31-32H2,2-15H3/t37-,38+,39+,42+,43-/m0/s1. The summed E-state index contributed by atoms with van der Waals surface area (Å²) in [5.41, 5.74) is -1.25. The summed E-state index contributed by atoms with van der Waals surface area (Å²) in [4.78, 5) is 14.1. The summed E-state index contributed by atoms with van der Waals surface area (Å²) in [6.07, 6.45) is 7.32. The second-order valence-electron chi connectivity index (χ2n) is 16.9. The highest BCUT2D eigenvalue weighted by Gasteiger charge is 2.58. The molecule has 1 heterocycles. The van der Waals surface area contributed by atoms with Crippen LogP contribution in [0.25, 0.3) is 0 Å². The van der Waals surface area contributed by atoms with Gasteiger partial charge in [0, 0.05) is 5.57 Å². The Labute approximate surface area is 331 Å². The minimum absolute atomic E-state index is 0.105. The molecule has 0 spiro atoms. The Balaban J connectivity index is 2.36. The van der Waals surface area contributed by atoms with E-state index in [4.69, 9.17) is 38.6 Å². The molecule has 1 saturated heterocycles. The van der Waals surface area contributed by atoms with E-state index in [2.05, 4.69) is 93.2 Å². The number of hydrogen-bond acceptors (Lipinski definition) is 8. The van der Waals surface area contributed by atoms with Gasteiger partial charge in [-0.1, -0.05) is 86.3 Å². The maximum absolute atomic E-state index is 14.1. The van der Waals surface area contributed by atoms with Gasteiger partial charge in [0.1, 0.15) is 18.0 Å². The Hall–Kier alpha value is -2.04. The molecule has 11 heteroatoms. The molecule has 8 nitrogen and oxygen atoms in total. The van der Waals surface area contributed by atoms with Crippen molar-refractivity contribution >= 4 is 31.2 Å². The van der Waals surface area contributed by atoms with Crippen molar-refractivity contribution in [3.8, 4) is 29.9 Å². The minimum Gasteiger partial charge on any atom is -0.497 e. The molecular formula is C43H70O8Si3. The van der Waals surface area contributed by atoms with Crippen LogP contribution in [0.1, 0.15) is 88.1 Å². The first-order valence-corrected chi connectivity index (χ1v) is 28.0. The summed E-state index contributed by atoms with van der Waals surface area (Å²) < 4.78 is 46.8. The van der Waals surface area contributed by atoms with Gasteiger partial charge in [-0.25, -0.2) is 0 Å². The smallest absolute Gasteiger partial charge is 0.194 e. The Morgan fingerprint density at radius 1 is 0.944 bits per heavy atom. The van der Waals surface area contributed by atoms with E-state index in [-0.39, 0.29) is 24.7 Å². The molecule has 1 aliphatic carbocycles. The lowest BCUT2D eigenvalue weighted by atomic mass is 9.90. The summed E-state index contributed by atoms with van der Waals surface area (Å²) >= 11 is 0. The minimum atomic E-state index is -2.48. The average Bonchev–Trinajstić information content (AvgIpc) is 3.66. The maximum atomic E-state index is 14.1. The molecule has 302 valence electrons. The lowest BCUT2D eigenvalue weighted by Gasteiger charge is -2.44. The quantitative estimate of drug-likeness (QED) is 0.0778. The Bertz CT molecular complexity index is 1510. The molecule has 0 radical (unpaired) electrons. The van der Waals surface area contributed by atoms with Crippen LogP contribution in [0.2, 0.25) is 54.4 Å². The number of methoxy groups -OCH3 is 1. The summed E-state index contributed by atoms with van der Waals surface area (Å²) in [6.45, 7) is 28.4. The third kappa shape index (κ3) is 10.1. The molecule has 1 fully saturated rings. The van der Waals surface area contributed by atoms with Gasteiger partial charge in [0.15, 0.2) is 48.2 Å². The lowest BCUT2D eigenvalue weighted by molar-refractivity contribution is -0.157. The van der Waals surface area contributed by atoms with E-state index in [1.165, 1.54) is 0 Å². The van der Waals surface area contributed by atoms with E-state index in [1.54, 1.807) is 7.11 Å². The molecule has 0 amide bonds. The summed E-state index contributed by atoms with van der Waals surface area (Å²) in [6, 6.07) is 13.0. The van der Waals surface area contributed by atoms with Gasteiger partial charge in [0.2, 0.25) is 0 Å². The maximum Gasteiger partial charge on any atom is 0.194 e. The number of aldehydes is 1. The topological polar surface area (TPSA) is 81.7 Å². The van der Waals surface area contributed by atoms with Crippen molar-refractivity contribution in [2.24, 2.45) is 0 Å². The van der Waals surface area contributed by atoms with Crippen LogP contribution in [0.3, 0.4) is 0 Å². The van der Waals surface area contributed by atoms with Crippen LogP contribution in [0, 0.1) is 24.2 Å². The third-order valence-electron chi connectivity index (χ3n) is 12.4. The fraction of sp³-hybridized carbons (Fsp3) is 0.698. The molecule has 2 aliphatic rings. The van der Waals surface area contributed by atoms with E-state index >= 15 is 0 Å². The zero-order valence-corrected chi connectivity index (χ0v) is 38.9. The van der Waals surface area contributed by atoms with Gasteiger partial charge in [-0.3, -0.25) is 4.79 Å². The van der Waals surface area contributed by atoms with Gasteiger partial charge in [-0.05, 0) is 92.0 Å².